The highest BCUT2D eigenvalue weighted by Crippen LogP contribution is 2.28. The Hall–Kier alpha value is -3.23. The van der Waals surface area contributed by atoms with Crippen LogP contribution in [0.4, 0.5) is 13.2 Å². The predicted molar refractivity (Wildman–Crippen MR) is 96.3 cm³/mol. The maximum absolute atomic E-state index is 12.8. The standard InChI is InChI=1S/C19H19F3N2O4/c1-26-17-10-14(4-7-16(17)28-19(21)22)11-24-27-12-18(25)23-9-8-13-2-5-15(20)6-3-13/h2-7,10-11,19H,8-9,12H2,1H3,(H,23,25)/b24-11+. The maximum Gasteiger partial charge on any atom is 0.387 e. The van der Waals surface area contributed by atoms with Gasteiger partial charge in [0.25, 0.3) is 5.91 Å². The van der Waals surface area contributed by atoms with Crippen LogP contribution in [0.25, 0.3) is 0 Å². The number of benzene rings is 2. The molecule has 0 spiro atoms. The quantitative estimate of drug-likeness (QED) is 0.495. The Morgan fingerprint density at radius 2 is 1.93 bits per heavy atom. The Kier molecular flexibility index (Phi) is 8.13. The largest absolute Gasteiger partial charge is 0.493 e. The molecule has 2 rings (SSSR count). The number of carbonyl (C=O) groups is 1. The molecule has 28 heavy (non-hydrogen) atoms. The highest BCUT2D eigenvalue weighted by Gasteiger charge is 2.10. The molecule has 0 fully saturated rings. The van der Waals surface area contributed by atoms with E-state index in [0.29, 0.717) is 18.5 Å². The number of methoxy groups -OCH3 is 1. The average Bonchev–Trinajstić information content (AvgIpc) is 2.67. The predicted octanol–water partition coefficient (Wildman–Crippen LogP) is 3.15. The number of ether oxygens (including phenoxy) is 2. The topological polar surface area (TPSA) is 69.2 Å². The molecule has 0 aliphatic carbocycles. The van der Waals surface area contributed by atoms with Gasteiger partial charge in [0, 0.05) is 12.1 Å². The van der Waals surface area contributed by atoms with Crippen LogP contribution < -0.4 is 14.8 Å². The van der Waals surface area contributed by atoms with Crippen molar-refractivity contribution in [2.75, 3.05) is 20.3 Å². The van der Waals surface area contributed by atoms with Crippen LogP contribution >= 0.6 is 0 Å². The summed E-state index contributed by atoms with van der Waals surface area (Å²) >= 11 is 0. The SMILES string of the molecule is COc1cc(/C=N/OCC(=O)NCCc2ccc(F)cc2)ccc1OC(F)F. The second kappa shape index (κ2) is 10.8. The first kappa shape index (κ1) is 21.1. The first-order chi connectivity index (χ1) is 13.5. The zero-order valence-electron chi connectivity index (χ0n) is 15.0. The molecule has 0 bridgehead atoms. The lowest BCUT2D eigenvalue weighted by atomic mass is 10.1. The lowest BCUT2D eigenvalue weighted by molar-refractivity contribution is -0.125. The fraction of sp³-hybridized carbons (Fsp3) is 0.263. The van der Waals surface area contributed by atoms with Crippen LogP contribution in [0.5, 0.6) is 11.5 Å². The molecule has 0 heterocycles. The molecule has 2 aromatic carbocycles. The van der Waals surface area contributed by atoms with Crippen molar-refractivity contribution in [3.05, 3.63) is 59.4 Å². The third-order valence-electron chi connectivity index (χ3n) is 3.52. The van der Waals surface area contributed by atoms with Gasteiger partial charge in [-0.15, -0.1) is 0 Å². The number of alkyl halides is 2. The Morgan fingerprint density at radius 1 is 1.18 bits per heavy atom. The van der Waals surface area contributed by atoms with Crippen molar-refractivity contribution < 1.29 is 32.3 Å². The van der Waals surface area contributed by atoms with E-state index in [2.05, 4.69) is 15.2 Å². The minimum Gasteiger partial charge on any atom is -0.493 e. The van der Waals surface area contributed by atoms with Gasteiger partial charge < -0.3 is 19.6 Å². The lowest BCUT2D eigenvalue weighted by Crippen LogP contribution is -2.28. The number of oxime groups is 1. The van der Waals surface area contributed by atoms with E-state index < -0.39 is 6.61 Å². The van der Waals surface area contributed by atoms with Gasteiger partial charge in [0.15, 0.2) is 18.1 Å². The van der Waals surface area contributed by atoms with Gasteiger partial charge in [0.05, 0.1) is 13.3 Å². The molecule has 1 N–H and O–H groups in total. The summed E-state index contributed by atoms with van der Waals surface area (Å²) in [6, 6.07) is 10.2. The van der Waals surface area contributed by atoms with Gasteiger partial charge in [-0.3, -0.25) is 4.79 Å². The lowest BCUT2D eigenvalue weighted by Gasteiger charge is -2.09. The summed E-state index contributed by atoms with van der Waals surface area (Å²) < 4.78 is 46.7. The molecule has 0 atom stereocenters. The molecule has 0 aliphatic heterocycles. The zero-order valence-corrected chi connectivity index (χ0v) is 15.0. The van der Waals surface area contributed by atoms with Gasteiger partial charge in [0.1, 0.15) is 5.82 Å². The average molecular weight is 396 g/mol. The maximum atomic E-state index is 12.8. The van der Waals surface area contributed by atoms with Gasteiger partial charge in [0.2, 0.25) is 0 Å². The monoisotopic (exact) mass is 396 g/mol. The second-order valence-electron chi connectivity index (χ2n) is 5.52. The van der Waals surface area contributed by atoms with Gasteiger partial charge in [-0.1, -0.05) is 17.3 Å². The molecule has 150 valence electrons. The number of hydrogen-bond acceptors (Lipinski definition) is 5. The van der Waals surface area contributed by atoms with E-state index in [1.807, 2.05) is 0 Å². The number of halogens is 3. The molecule has 0 unspecified atom stereocenters. The molecule has 0 saturated carbocycles. The molecule has 0 aliphatic rings. The first-order valence-electron chi connectivity index (χ1n) is 8.27. The van der Waals surface area contributed by atoms with Crippen molar-refractivity contribution in [1.29, 1.82) is 0 Å². The highest BCUT2D eigenvalue weighted by atomic mass is 19.3. The van der Waals surface area contributed by atoms with Crippen molar-refractivity contribution in [3.8, 4) is 11.5 Å². The van der Waals surface area contributed by atoms with Gasteiger partial charge >= 0.3 is 6.61 Å². The van der Waals surface area contributed by atoms with Crippen LogP contribution in [-0.4, -0.2) is 39.0 Å². The summed E-state index contributed by atoms with van der Waals surface area (Å²) in [6.07, 6.45) is 1.86. The Balaban J connectivity index is 1.73. The van der Waals surface area contributed by atoms with Gasteiger partial charge in [-0.05, 0) is 42.3 Å². The fourth-order valence-electron chi connectivity index (χ4n) is 2.20. The molecule has 9 heteroatoms. The number of rotatable bonds is 10. The number of nitrogens with zero attached hydrogens (tertiary/aromatic N) is 1. The van der Waals surface area contributed by atoms with Crippen LogP contribution in [0.1, 0.15) is 11.1 Å². The van der Waals surface area contributed by atoms with Crippen molar-refractivity contribution in [2.45, 2.75) is 13.0 Å². The summed E-state index contributed by atoms with van der Waals surface area (Å²) in [5.74, 6) is -0.663. The van der Waals surface area contributed by atoms with Crippen LogP contribution in [0.2, 0.25) is 0 Å². The third-order valence-corrected chi connectivity index (χ3v) is 3.52. The highest BCUT2D eigenvalue weighted by molar-refractivity contribution is 5.81. The summed E-state index contributed by atoms with van der Waals surface area (Å²) in [5, 5.41) is 6.30. The van der Waals surface area contributed by atoms with Gasteiger partial charge in [-0.25, -0.2) is 4.39 Å². The second-order valence-corrected chi connectivity index (χ2v) is 5.52. The minimum absolute atomic E-state index is 0.101. The van der Waals surface area contributed by atoms with E-state index in [0.717, 1.165) is 5.56 Å². The van der Waals surface area contributed by atoms with E-state index in [4.69, 9.17) is 9.57 Å². The Morgan fingerprint density at radius 3 is 2.61 bits per heavy atom. The number of amides is 1. The number of carbonyl (C=O) groups excluding carboxylic acids is 1. The molecule has 0 saturated heterocycles. The molecule has 0 aromatic heterocycles. The smallest absolute Gasteiger partial charge is 0.387 e. The Bertz CT molecular complexity index is 798. The summed E-state index contributed by atoms with van der Waals surface area (Å²) in [5.41, 5.74) is 1.41. The Labute approximate surface area is 159 Å². The van der Waals surface area contributed by atoms with Crippen molar-refractivity contribution in [2.24, 2.45) is 5.16 Å². The summed E-state index contributed by atoms with van der Waals surface area (Å²) in [4.78, 5) is 16.6. The molecule has 6 nitrogen and oxygen atoms in total. The molecular weight excluding hydrogens is 377 g/mol. The van der Waals surface area contributed by atoms with Crippen LogP contribution in [0, 0.1) is 5.82 Å². The van der Waals surface area contributed by atoms with Crippen LogP contribution in [-0.2, 0) is 16.1 Å². The van der Waals surface area contributed by atoms with E-state index in [9.17, 15) is 18.0 Å². The summed E-state index contributed by atoms with van der Waals surface area (Å²) in [6.45, 7) is -2.87. The molecule has 0 radical (unpaired) electrons. The summed E-state index contributed by atoms with van der Waals surface area (Å²) in [7, 11) is 1.32. The van der Waals surface area contributed by atoms with Crippen molar-refractivity contribution >= 4 is 12.1 Å². The first-order valence-corrected chi connectivity index (χ1v) is 8.27. The van der Waals surface area contributed by atoms with E-state index in [1.54, 1.807) is 12.1 Å². The van der Waals surface area contributed by atoms with E-state index >= 15 is 0 Å². The normalized spacial score (nSPS) is 10.9. The van der Waals surface area contributed by atoms with Crippen LogP contribution in [0.3, 0.4) is 0 Å². The van der Waals surface area contributed by atoms with Crippen LogP contribution in [0.15, 0.2) is 47.6 Å². The molecule has 1 amide bonds. The molecule has 2 aromatic rings. The third kappa shape index (κ3) is 7.18. The fourth-order valence-corrected chi connectivity index (χ4v) is 2.20. The van der Waals surface area contributed by atoms with E-state index in [1.165, 1.54) is 43.7 Å². The minimum atomic E-state index is -2.96. The number of hydrogen-bond donors (Lipinski definition) is 1. The zero-order chi connectivity index (χ0) is 20.4. The van der Waals surface area contributed by atoms with Crippen molar-refractivity contribution in [3.63, 3.8) is 0 Å². The number of nitrogens with one attached hydrogen (secondary N) is 1. The van der Waals surface area contributed by atoms with Crippen molar-refractivity contribution in [1.82, 2.24) is 5.32 Å². The molecular formula is C19H19F3N2O4. The van der Waals surface area contributed by atoms with Gasteiger partial charge in [-0.2, -0.15) is 8.78 Å². The van der Waals surface area contributed by atoms with E-state index in [-0.39, 0.29) is 29.8 Å².